The molecule has 0 aliphatic carbocycles. The van der Waals surface area contributed by atoms with Gasteiger partial charge in [0.05, 0.1) is 17.7 Å². The molecule has 0 saturated carbocycles. The van der Waals surface area contributed by atoms with E-state index < -0.39 is 27.2 Å². The topological polar surface area (TPSA) is 143 Å². The zero-order valence-corrected chi connectivity index (χ0v) is 21.0. The minimum atomic E-state index is -3.92. The predicted molar refractivity (Wildman–Crippen MR) is 141 cm³/mol. The highest BCUT2D eigenvalue weighted by atomic mass is 32.2. The lowest BCUT2D eigenvalue weighted by Crippen LogP contribution is -2.31. The van der Waals surface area contributed by atoms with Crippen molar-refractivity contribution in [3.05, 3.63) is 104 Å². The lowest BCUT2D eigenvalue weighted by molar-refractivity contribution is 0.415. The van der Waals surface area contributed by atoms with Gasteiger partial charge in [-0.3, -0.25) is 19.5 Å². The Balaban J connectivity index is 1.71. The van der Waals surface area contributed by atoms with Gasteiger partial charge in [0, 0.05) is 18.0 Å². The molecule has 0 saturated heterocycles. The van der Waals surface area contributed by atoms with Crippen LogP contribution in [0, 0.1) is 13.8 Å². The highest BCUT2D eigenvalue weighted by Crippen LogP contribution is 2.31. The van der Waals surface area contributed by atoms with E-state index in [2.05, 4.69) is 14.7 Å². The van der Waals surface area contributed by atoms with Crippen LogP contribution in [0.3, 0.4) is 0 Å². The number of hydrogen-bond donors (Lipinski definition) is 3. The van der Waals surface area contributed by atoms with Gasteiger partial charge in [0.15, 0.2) is 0 Å². The largest absolute Gasteiger partial charge is 0.494 e. The van der Waals surface area contributed by atoms with Crippen LogP contribution in [0.2, 0.25) is 0 Å². The summed E-state index contributed by atoms with van der Waals surface area (Å²) in [4.78, 5) is 31.2. The van der Waals surface area contributed by atoms with Crippen LogP contribution in [-0.4, -0.2) is 36.4 Å². The third-order valence-corrected chi connectivity index (χ3v) is 6.92. The van der Waals surface area contributed by atoms with Gasteiger partial charge in [0.2, 0.25) is 5.88 Å². The zero-order valence-electron chi connectivity index (χ0n) is 20.2. The molecule has 4 rings (SSSR count). The maximum atomic E-state index is 12.9. The van der Waals surface area contributed by atoms with Gasteiger partial charge in [-0.2, -0.15) is 0 Å². The molecule has 37 heavy (non-hydrogen) atoms. The van der Waals surface area contributed by atoms with E-state index in [1.165, 1.54) is 25.3 Å². The summed E-state index contributed by atoms with van der Waals surface area (Å²) in [6.45, 7) is 3.61. The van der Waals surface area contributed by atoms with Crippen molar-refractivity contribution < 1.29 is 18.3 Å². The fraction of sp³-hybridized carbons (Fsp3) is 0.115. The van der Waals surface area contributed by atoms with Crippen LogP contribution in [0.15, 0.2) is 86.2 Å². The second-order valence-corrected chi connectivity index (χ2v) is 9.87. The minimum Gasteiger partial charge on any atom is -0.494 e. The Morgan fingerprint density at radius 2 is 1.78 bits per heavy atom. The molecule has 0 aliphatic rings. The molecule has 4 aromatic rings. The summed E-state index contributed by atoms with van der Waals surface area (Å²) in [6.07, 6.45) is 1.08. The van der Waals surface area contributed by atoms with Crippen molar-refractivity contribution in [3.63, 3.8) is 0 Å². The van der Waals surface area contributed by atoms with Crippen molar-refractivity contribution in [2.75, 3.05) is 11.8 Å². The van der Waals surface area contributed by atoms with Crippen LogP contribution >= 0.6 is 0 Å². The van der Waals surface area contributed by atoms with Crippen LogP contribution in [0.1, 0.15) is 16.7 Å². The summed E-state index contributed by atoms with van der Waals surface area (Å²) in [5, 5.41) is 10.8. The maximum Gasteiger partial charge on any atom is 0.335 e. The molecule has 0 unspecified atom stereocenters. The lowest BCUT2D eigenvalue weighted by atomic mass is 10.2. The van der Waals surface area contributed by atoms with E-state index in [0.29, 0.717) is 16.9 Å². The molecule has 1 heterocycles. The number of hydrogen-bond acceptors (Lipinski definition) is 7. The van der Waals surface area contributed by atoms with Gasteiger partial charge in [-0.25, -0.2) is 17.8 Å². The number of anilines is 1. The number of aromatic hydroxyl groups is 1. The molecule has 0 aliphatic heterocycles. The monoisotopic (exact) mass is 520 g/mol. The molecular weight excluding hydrogens is 496 g/mol. The van der Waals surface area contributed by atoms with Crippen molar-refractivity contribution in [2.24, 2.45) is 4.99 Å². The number of aliphatic imine (C=N–C) groups is 1. The number of benzene rings is 3. The quantitative estimate of drug-likeness (QED) is 0.319. The Morgan fingerprint density at radius 3 is 2.49 bits per heavy atom. The van der Waals surface area contributed by atoms with Crippen LogP contribution in [0.4, 0.5) is 11.4 Å². The summed E-state index contributed by atoms with van der Waals surface area (Å²) >= 11 is 0. The summed E-state index contributed by atoms with van der Waals surface area (Å²) in [5.41, 5.74) is 0.705. The first-order valence-electron chi connectivity index (χ1n) is 11.1. The van der Waals surface area contributed by atoms with Gasteiger partial charge in [-0.05, 0) is 55.3 Å². The highest BCUT2D eigenvalue weighted by molar-refractivity contribution is 7.92. The first-order chi connectivity index (χ1) is 17.6. The summed E-state index contributed by atoms with van der Waals surface area (Å²) in [6, 6.07) is 17.8. The number of H-pyrrole nitrogens is 1. The Kier molecular flexibility index (Phi) is 6.98. The third kappa shape index (κ3) is 5.31. The molecule has 11 heteroatoms. The van der Waals surface area contributed by atoms with Gasteiger partial charge in [-0.15, -0.1) is 0 Å². The number of para-hydroxylation sites is 1. The van der Waals surface area contributed by atoms with Crippen LogP contribution in [0.5, 0.6) is 11.6 Å². The number of aryl methyl sites for hydroxylation is 2. The number of rotatable bonds is 7. The summed E-state index contributed by atoms with van der Waals surface area (Å²) < 4.78 is 34.6. The molecule has 0 radical (unpaired) electrons. The average molecular weight is 521 g/mol. The number of nitrogens with zero attached hydrogens (tertiary/aromatic N) is 2. The van der Waals surface area contributed by atoms with E-state index in [9.17, 15) is 23.1 Å². The average Bonchev–Trinajstić information content (AvgIpc) is 2.84. The van der Waals surface area contributed by atoms with Crippen LogP contribution < -0.4 is 20.7 Å². The Bertz CT molecular complexity index is 1740. The SMILES string of the molecule is COc1cc(S(=O)(=O)Nc2cccc(C)c2)ccc1N=Cc1c(O)n(-c2ccccc2C)c(=O)[nH]c1=O. The number of aromatic amines is 1. The second-order valence-electron chi connectivity index (χ2n) is 8.19. The number of ether oxygens (including phenoxy) is 1. The maximum absolute atomic E-state index is 12.9. The van der Waals surface area contributed by atoms with Crippen LogP contribution in [0.25, 0.3) is 5.69 Å². The van der Waals surface area contributed by atoms with E-state index in [0.717, 1.165) is 16.3 Å². The Hall–Kier alpha value is -4.64. The summed E-state index contributed by atoms with van der Waals surface area (Å²) in [7, 11) is -2.57. The minimum absolute atomic E-state index is 0.0568. The number of aromatic nitrogens is 2. The lowest BCUT2D eigenvalue weighted by Gasteiger charge is -2.12. The molecule has 0 fully saturated rings. The van der Waals surface area contributed by atoms with Gasteiger partial charge in [0.25, 0.3) is 15.6 Å². The first-order valence-corrected chi connectivity index (χ1v) is 12.5. The normalized spacial score (nSPS) is 11.5. The molecule has 190 valence electrons. The zero-order chi connectivity index (χ0) is 26.7. The van der Waals surface area contributed by atoms with Crippen molar-refractivity contribution in [3.8, 4) is 17.3 Å². The van der Waals surface area contributed by atoms with Crippen LogP contribution in [-0.2, 0) is 10.0 Å². The van der Waals surface area contributed by atoms with Crippen molar-refractivity contribution in [1.82, 2.24) is 9.55 Å². The third-order valence-electron chi connectivity index (χ3n) is 5.54. The van der Waals surface area contributed by atoms with Gasteiger partial charge < -0.3 is 9.84 Å². The van der Waals surface area contributed by atoms with Gasteiger partial charge in [0.1, 0.15) is 17.0 Å². The Labute approximate surface area is 212 Å². The standard InChI is InChI=1S/C26H24N4O6S/c1-16-7-6-9-18(13-16)29-37(34,35)19-11-12-21(23(14-19)36-3)27-15-20-24(31)28-26(33)30(25(20)32)22-10-5-4-8-17(22)2/h4-15,29,32H,1-3H3,(H,28,31,33). The molecule has 3 aromatic carbocycles. The van der Waals surface area contributed by atoms with Crippen molar-refractivity contribution >= 4 is 27.6 Å². The summed E-state index contributed by atoms with van der Waals surface area (Å²) in [5.74, 6) is -0.473. The van der Waals surface area contributed by atoms with Crippen molar-refractivity contribution in [2.45, 2.75) is 18.7 Å². The predicted octanol–water partition coefficient (Wildman–Crippen LogP) is 3.41. The van der Waals surface area contributed by atoms with Gasteiger partial charge >= 0.3 is 5.69 Å². The molecule has 1 aromatic heterocycles. The van der Waals surface area contributed by atoms with Gasteiger partial charge in [-0.1, -0.05) is 30.3 Å². The van der Waals surface area contributed by atoms with E-state index in [-0.39, 0.29) is 21.9 Å². The number of nitrogens with one attached hydrogen (secondary N) is 2. The fourth-order valence-electron chi connectivity index (χ4n) is 3.68. The second kappa shape index (κ2) is 10.2. The molecule has 0 amide bonds. The Morgan fingerprint density at radius 1 is 1.03 bits per heavy atom. The smallest absolute Gasteiger partial charge is 0.335 e. The highest BCUT2D eigenvalue weighted by Gasteiger charge is 2.18. The molecule has 10 nitrogen and oxygen atoms in total. The number of sulfonamides is 1. The van der Waals surface area contributed by atoms with E-state index in [4.69, 9.17) is 4.74 Å². The van der Waals surface area contributed by atoms with E-state index >= 15 is 0 Å². The molecule has 0 bridgehead atoms. The van der Waals surface area contributed by atoms with Crippen molar-refractivity contribution in [1.29, 1.82) is 0 Å². The molecule has 3 N–H and O–H groups in total. The fourth-order valence-corrected chi connectivity index (χ4v) is 4.75. The number of methoxy groups -OCH3 is 1. The first kappa shape index (κ1) is 25.5. The van der Waals surface area contributed by atoms with E-state index in [1.807, 2.05) is 13.0 Å². The molecular formula is C26H24N4O6S. The molecule has 0 spiro atoms. The van der Waals surface area contributed by atoms with E-state index in [1.54, 1.807) is 49.4 Å². The molecule has 0 atom stereocenters.